The van der Waals surface area contributed by atoms with E-state index in [-0.39, 0.29) is 11.5 Å². The quantitative estimate of drug-likeness (QED) is 0.461. The average molecular weight is 308 g/mol. The van der Waals surface area contributed by atoms with Crippen LogP contribution in [-0.2, 0) is 0 Å². The molecule has 3 heteroatoms. The van der Waals surface area contributed by atoms with E-state index in [0.29, 0.717) is 23.5 Å². The average Bonchev–Trinajstić information content (AvgIpc) is 2.54. The summed E-state index contributed by atoms with van der Waals surface area (Å²) in [7, 11) is 0. The summed E-state index contributed by atoms with van der Waals surface area (Å²) >= 11 is 0. The summed E-state index contributed by atoms with van der Waals surface area (Å²) in [6, 6.07) is 14.0. The lowest BCUT2D eigenvalue weighted by atomic mass is 10.1. The van der Waals surface area contributed by atoms with Crippen LogP contribution in [0, 0.1) is 0 Å². The molecule has 3 nitrogen and oxygen atoms in total. The van der Waals surface area contributed by atoms with Crippen LogP contribution in [0.2, 0.25) is 0 Å². The highest BCUT2D eigenvalue weighted by atomic mass is 16.5. The van der Waals surface area contributed by atoms with E-state index in [4.69, 9.17) is 4.74 Å². The first-order valence-corrected chi connectivity index (χ1v) is 7.44. The van der Waals surface area contributed by atoms with Crippen LogP contribution in [0.3, 0.4) is 0 Å². The van der Waals surface area contributed by atoms with Gasteiger partial charge in [-0.3, -0.25) is 4.79 Å². The third-order valence-corrected chi connectivity index (χ3v) is 3.27. The topological polar surface area (TPSA) is 46.5 Å². The number of ketones is 1. The number of carbonyl (C=O) groups excluding carboxylic acids is 1. The molecule has 0 saturated heterocycles. The highest BCUT2D eigenvalue weighted by Gasteiger charge is 2.03. The molecule has 0 aliphatic heterocycles. The number of rotatable bonds is 7. The van der Waals surface area contributed by atoms with E-state index in [1.165, 1.54) is 6.08 Å². The van der Waals surface area contributed by atoms with Crippen molar-refractivity contribution in [2.75, 3.05) is 6.61 Å². The molecule has 0 aromatic heterocycles. The van der Waals surface area contributed by atoms with Gasteiger partial charge in [0.15, 0.2) is 5.78 Å². The number of ether oxygens (including phenoxy) is 1. The second kappa shape index (κ2) is 7.99. The van der Waals surface area contributed by atoms with Crippen molar-refractivity contribution in [2.45, 2.75) is 13.3 Å². The smallest absolute Gasteiger partial charge is 0.185 e. The SMILES string of the molecule is C=C(C)CCOc1ccc(C=CC(=O)c2ccccc2)c(O)c1. The summed E-state index contributed by atoms with van der Waals surface area (Å²) in [5.41, 5.74) is 2.23. The lowest BCUT2D eigenvalue weighted by Crippen LogP contribution is -1.97. The van der Waals surface area contributed by atoms with Gasteiger partial charge in [0.1, 0.15) is 11.5 Å². The minimum absolute atomic E-state index is 0.0786. The van der Waals surface area contributed by atoms with Crippen molar-refractivity contribution < 1.29 is 14.6 Å². The number of hydrogen-bond donors (Lipinski definition) is 1. The Morgan fingerprint density at radius 3 is 2.61 bits per heavy atom. The summed E-state index contributed by atoms with van der Waals surface area (Å²) in [5.74, 6) is 0.567. The zero-order chi connectivity index (χ0) is 16.7. The second-order valence-corrected chi connectivity index (χ2v) is 5.34. The van der Waals surface area contributed by atoms with Crippen molar-refractivity contribution in [1.82, 2.24) is 0 Å². The Labute approximate surface area is 136 Å². The van der Waals surface area contributed by atoms with Gasteiger partial charge in [0.25, 0.3) is 0 Å². The molecule has 0 radical (unpaired) electrons. The predicted octanol–water partition coefficient (Wildman–Crippen LogP) is 4.63. The van der Waals surface area contributed by atoms with E-state index in [1.807, 2.05) is 25.1 Å². The fraction of sp³-hybridized carbons (Fsp3) is 0.150. The van der Waals surface area contributed by atoms with Gasteiger partial charge in [0.05, 0.1) is 6.61 Å². The molecular weight excluding hydrogens is 288 g/mol. The van der Waals surface area contributed by atoms with Crippen molar-refractivity contribution >= 4 is 11.9 Å². The van der Waals surface area contributed by atoms with Crippen molar-refractivity contribution in [1.29, 1.82) is 0 Å². The number of aromatic hydroxyl groups is 1. The maximum atomic E-state index is 12.0. The van der Waals surface area contributed by atoms with Crippen LogP contribution in [0.25, 0.3) is 6.08 Å². The van der Waals surface area contributed by atoms with Crippen molar-refractivity contribution in [3.63, 3.8) is 0 Å². The lowest BCUT2D eigenvalue weighted by molar-refractivity contribution is 0.104. The van der Waals surface area contributed by atoms with E-state index in [2.05, 4.69) is 6.58 Å². The van der Waals surface area contributed by atoms with Crippen molar-refractivity contribution in [3.05, 3.63) is 77.9 Å². The maximum absolute atomic E-state index is 12.0. The second-order valence-electron chi connectivity index (χ2n) is 5.34. The van der Waals surface area contributed by atoms with Crippen LogP contribution in [-0.4, -0.2) is 17.5 Å². The molecule has 0 aliphatic rings. The summed E-state index contributed by atoms with van der Waals surface area (Å²) in [5, 5.41) is 10.0. The molecule has 2 rings (SSSR count). The number of allylic oxidation sites excluding steroid dienone is 1. The Balaban J connectivity index is 2.02. The molecule has 0 spiro atoms. The van der Waals surface area contributed by atoms with Crippen LogP contribution in [0.1, 0.15) is 29.3 Å². The van der Waals surface area contributed by atoms with E-state index >= 15 is 0 Å². The molecule has 2 aromatic carbocycles. The normalized spacial score (nSPS) is 10.7. The molecule has 118 valence electrons. The van der Waals surface area contributed by atoms with E-state index in [0.717, 1.165) is 12.0 Å². The first kappa shape index (κ1) is 16.6. The molecule has 0 saturated carbocycles. The minimum atomic E-state index is -0.105. The number of carbonyl (C=O) groups is 1. The standard InChI is InChI=1S/C20H20O3/c1-15(2)12-13-23-18-10-8-17(20(22)14-18)9-11-19(21)16-6-4-3-5-7-16/h3-11,14,22H,1,12-13H2,2H3. The van der Waals surface area contributed by atoms with Gasteiger partial charge in [-0.25, -0.2) is 0 Å². The Hall–Kier alpha value is -2.81. The monoisotopic (exact) mass is 308 g/mol. The molecule has 0 amide bonds. The third-order valence-electron chi connectivity index (χ3n) is 3.27. The van der Waals surface area contributed by atoms with Gasteiger partial charge in [-0.15, -0.1) is 6.58 Å². The van der Waals surface area contributed by atoms with Gasteiger partial charge >= 0.3 is 0 Å². The molecule has 2 aromatic rings. The van der Waals surface area contributed by atoms with Crippen molar-refractivity contribution in [2.24, 2.45) is 0 Å². The predicted molar refractivity (Wildman–Crippen MR) is 92.8 cm³/mol. The van der Waals surface area contributed by atoms with Gasteiger partial charge in [0.2, 0.25) is 0 Å². The summed E-state index contributed by atoms with van der Waals surface area (Å²) < 4.78 is 5.54. The number of phenolic OH excluding ortho intramolecular Hbond substituents is 1. The molecule has 23 heavy (non-hydrogen) atoms. The molecular formula is C20H20O3. The van der Waals surface area contributed by atoms with E-state index in [9.17, 15) is 9.90 Å². The zero-order valence-corrected chi connectivity index (χ0v) is 13.2. The molecule has 0 fully saturated rings. The number of benzene rings is 2. The first-order valence-electron chi connectivity index (χ1n) is 7.44. The molecule has 0 atom stereocenters. The molecule has 0 heterocycles. The van der Waals surface area contributed by atoms with Crippen LogP contribution in [0.15, 0.2) is 66.8 Å². The fourth-order valence-electron chi connectivity index (χ4n) is 1.96. The van der Waals surface area contributed by atoms with Crippen molar-refractivity contribution in [3.8, 4) is 11.5 Å². The fourth-order valence-corrected chi connectivity index (χ4v) is 1.96. The summed E-state index contributed by atoms with van der Waals surface area (Å²) in [6.45, 7) is 6.28. The highest BCUT2D eigenvalue weighted by molar-refractivity contribution is 6.06. The molecule has 0 unspecified atom stereocenters. The highest BCUT2D eigenvalue weighted by Crippen LogP contribution is 2.25. The third kappa shape index (κ3) is 5.15. The summed E-state index contributed by atoms with van der Waals surface area (Å²) in [4.78, 5) is 12.0. The van der Waals surface area contributed by atoms with Gasteiger partial charge in [0, 0.05) is 23.6 Å². The van der Waals surface area contributed by atoms with Gasteiger partial charge in [-0.1, -0.05) is 35.9 Å². The number of phenols is 1. The number of hydrogen-bond acceptors (Lipinski definition) is 3. The maximum Gasteiger partial charge on any atom is 0.185 e. The van der Waals surface area contributed by atoms with E-state index in [1.54, 1.807) is 36.4 Å². The molecule has 1 N–H and O–H groups in total. The lowest BCUT2D eigenvalue weighted by Gasteiger charge is -2.07. The Morgan fingerprint density at radius 1 is 1.22 bits per heavy atom. The summed E-state index contributed by atoms with van der Waals surface area (Å²) in [6.07, 6.45) is 3.82. The van der Waals surface area contributed by atoms with Gasteiger partial charge in [-0.05, 0) is 31.2 Å². The Kier molecular flexibility index (Phi) is 5.75. The minimum Gasteiger partial charge on any atom is -0.507 e. The van der Waals surface area contributed by atoms with Crippen LogP contribution < -0.4 is 4.74 Å². The van der Waals surface area contributed by atoms with E-state index < -0.39 is 0 Å². The Morgan fingerprint density at radius 2 is 1.96 bits per heavy atom. The molecule has 0 aliphatic carbocycles. The first-order chi connectivity index (χ1) is 11.1. The van der Waals surface area contributed by atoms with Gasteiger partial charge < -0.3 is 9.84 Å². The molecule has 0 bridgehead atoms. The largest absolute Gasteiger partial charge is 0.507 e. The van der Waals surface area contributed by atoms with Crippen LogP contribution in [0.4, 0.5) is 0 Å². The van der Waals surface area contributed by atoms with Crippen LogP contribution in [0.5, 0.6) is 11.5 Å². The van der Waals surface area contributed by atoms with Crippen LogP contribution >= 0.6 is 0 Å². The van der Waals surface area contributed by atoms with Gasteiger partial charge in [-0.2, -0.15) is 0 Å². The zero-order valence-electron chi connectivity index (χ0n) is 13.2. The Bertz CT molecular complexity index is 715.